The summed E-state index contributed by atoms with van der Waals surface area (Å²) in [6, 6.07) is 0. The molecular weight excluding hydrogens is 382 g/mol. The number of aromatic amines is 1. The van der Waals surface area contributed by atoms with Gasteiger partial charge < -0.3 is 18.6 Å². The number of aromatic nitrogens is 4. The summed E-state index contributed by atoms with van der Waals surface area (Å²) < 4.78 is 25.4. The molecule has 0 spiro atoms. The van der Waals surface area contributed by atoms with Gasteiger partial charge in [-0.3, -0.25) is 9.78 Å². The van der Waals surface area contributed by atoms with Crippen LogP contribution >= 0.6 is 0 Å². The molecule has 0 radical (unpaired) electrons. The minimum atomic E-state index is -0.307. The van der Waals surface area contributed by atoms with E-state index in [1.165, 1.54) is 0 Å². The molecule has 2 saturated heterocycles. The van der Waals surface area contributed by atoms with Gasteiger partial charge in [0.1, 0.15) is 0 Å². The van der Waals surface area contributed by atoms with E-state index in [-0.39, 0.29) is 36.6 Å². The van der Waals surface area contributed by atoms with Crippen molar-refractivity contribution in [3.63, 3.8) is 0 Å². The lowest BCUT2D eigenvalue weighted by Gasteiger charge is -2.32. The summed E-state index contributed by atoms with van der Waals surface area (Å²) in [6.07, 6.45) is 7.30. The second-order valence-electron chi connectivity index (χ2n) is 9.84. The smallest absolute Gasteiger partial charge is 0.399 e. The first kappa shape index (κ1) is 23.1. The Morgan fingerprint density at radius 2 is 1.27 bits per heavy atom. The number of aryl methyl sites for hydroxylation is 1. The zero-order valence-corrected chi connectivity index (χ0v) is 19.6. The van der Waals surface area contributed by atoms with Crippen LogP contribution in [0.1, 0.15) is 62.3 Å². The van der Waals surface area contributed by atoms with E-state index in [4.69, 9.17) is 18.6 Å². The Morgan fingerprint density at radius 3 is 1.63 bits per heavy atom. The second-order valence-corrected chi connectivity index (χ2v) is 9.84. The van der Waals surface area contributed by atoms with Crippen LogP contribution in [0.25, 0.3) is 0 Å². The van der Waals surface area contributed by atoms with Crippen molar-refractivity contribution in [2.75, 3.05) is 0 Å². The molecule has 0 amide bonds. The van der Waals surface area contributed by atoms with E-state index in [1.807, 2.05) is 44.8 Å². The van der Waals surface area contributed by atoms with E-state index in [1.54, 1.807) is 12.4 Å². The molecule has 0 unspecified atom stereocenters. The number of nitrogens with zero attached hydrogens (tertiary/aromatic N) is 3. The van der Waals surface area contributed by atoms with Gasteiger partial charge in [0.15, 0.2) is 0 Å². The fourth-order valence-electron chi connectivity index (χ4n) is 3.02. The molecule has 0 atom stereocenters. The maximum atomic E-state index is 5.93. The molecule has 2 fully saturated rings. The number of nitrogens with one attached hydrogen (secondary N) is 1. The topological polar surface area (TPSA) is 83.4 Å². The predicted molar refractivity (Wildman–Crippen MR) is 118 cm³/mol. The highest BCUT2D eigenvalue weighted by atomic mass is 16.7. The van der Waals surface area contributed by atoms with Crippen molar-refractivity contribution < 1.29 is 18.6 Å². The van der Waals surface area contributed by atoms with Crippen LogP contribution in [-0.2, 0) is 25.2 Å². The van der Waals surface area contributed by atoms with E-state index in [9.17, 15) is 0 Å². The third-order valence-corrected chi connectivity index (χ3v) is 6.55. The zero-order valence-electron chi connectivity index (χ0n) is 19.6. The highest BCUT2D eigenvalue weighted by molar-refractivity contribution is 6.62. The molecule has 30 heavy (non-hydrogen) atoms. The summed E-state index contributed by atoms with van der Waals surface area (Å²) in [5, 5.41) is 10.9. The van der Waals surface area contributed by atoms with Crippen molar-refractivity contribution in [2.45, 2.75) is 91.3 Å². The monoisotopic (exact) mass is 416 g/mol. The fraction of sp³-hybridized carbons (Fsp3) is 0.700. The summed E-state index contributed by atoms with van der Waals surface area (Å²) >= 11 is 0. The van der Waals surface area contributed by atoms with Crippen LogP contribution < -0.4 is 10.9 Å². The third kappa shape index (κ3) is 4.37. The Hall–Kier alpha value is -1.61. The zero-order chi connectivity index (χ0) is 22.4. The predicted octanol–water partition coefficient (Wildman–Crippen LogP) is 1.91. The third-order valence-electron chi connectivity index (χ3n) is 6.55. The van der Waals surface area contributed by atoms with E-state index in [0.29, 0.717) is 0 Å². The van der Waals surface area contributed by atoms with Crippen LogP contribution in [-0.4, -0.2) is 56.6 Å². The number of H-pyrrole nitrogens is 1. The van der Waals surface area contributed by atoms with Gasteiger partial charge in [-0.2, -0.15) is 10.2 Å². The van der Waals surface area contributed by atoms with Crippen LogP contribution in [0.15, 0.2) is 24.8 Å². The molecule has 0 bridgehead atoms. The molecule has 0 aliphatic carbocycles. The molecule has 2 aromatic heterocycles. The van der Waals surface area contributed by atoms with Crippen LogP contribution in [0.2, 0.25) is 0 Å². The van der Waals surface area contributed by atoms with Crippen LogP contribution in [0, 0.1) is 0 Å². The van der Waals surface area contributed by atoms with Crippen LogP contribution in [0.3, 0.4) is 0 Å². The van der Waals surface area contributed by atoms with Gasteiger partial charge in [-0.15, -0.1) is 0 Å². The summed E-state index contributed by atoms with van der Waals surface area (Å²) in [6.45, 7) is 19.3. The first-order valence-electron chi connectivity index (χ1n) is 10.5. The van der Waals surface area contributed by atoms with Gasteiger partial charge >= 0.3 is 14.2 Å². The van der Waals surface area contributed by atoms with Gasteiger partial charge in [-0.1, -0.05) is 0 Å². The average molecular weight is 416 g/mol. The SMILES string of the molecule is CC1(C)OB(c2cn[nH]c2)OC1(C)C.CCn1cc(B2OC(C)(C)C(C)(C)O2)cn1. The number of hydrogen-bond acceptors (Lipinski definition) is 6. The van der Waals surface area contributed by atoms with E-state index < -0.39 is 0 Å². The minimum absolute atomic E-state index is 0.283. The Morgan fingerprint density at radius 1 is 0.800 bits per heavy atom. The highest BCUT2D eigenvalue weighted by Gasteiger charge is 2.53. The molecule has 1 N–H and O–H groups in total. The summed E-state index contributed by atoms with van der Waals surface area (Å²) in [7, 11) is -0.607. The molecule has 2 aliphatic rings. The quantitative estimate of drug-likeness (QED) is 0.771. The standard InChI is InChI=1S/C11H19BN2O2.C9H15BN2O2/c1-6-14-8-9(7-13-14)12-15-10(2,3)11(4,5)16-12;1-8(2)9(3,4)14-10(13-8)7-5-11-12-6-7/h7-8H,6H2,1-5H3;5-6H,1-4H3,(H,11,12). The number of rotatable bonds is 3. The molecule has 2 aliphatic heterocycles. The molecule has 0 aromatic carbocycles. The molecule has 4 rings (SSSR count). The summed E-state index contributed by atoms with van der Waals surface area (Å²) in [4.78, 5) is 0. The molecule has 4 heterocycles. The lowest BCUT2D eigenvalue weighted by Crippen LogP contribution is -2.41. The summed E-state index contributed by atoms with van der Waals surface area (Å²) in [5.74, 6) is 0. The van der Waals surface area contributed by atoms with Gasteiger partial charge in [0.05, 0.1) is 22.4 Å². The van der Waals surface area contributed by atoms with Crippen molar-refractivity contribution in [2.24, 2.45) is 0 Å². The van der Waals surface area contributed by atoms with Gasteiger partial charge in [-0.25, -0.2) is 0 Å². The van der Waals surface area contributed by atoms with E-state index >= 15 is 0 Å². The summed E-state index contributed by atoms with van der Waals surface area (Å²) in [5.41, 5.74) is 0.783. The van der Waals surface area contributed by atoms with E-state index in [0.717, 1.165) is 17.5 Å². The normalized spacial score (nSPS) is 23.4. The molecule has 0 saturated carbocycles. The van der Waals surface area contributed by atoms with Gasteiger partial charge in [0, 0.05) is 42.3 Å². The maximum absolute atomic E-state index is 5.93. The lowest BCUT2D eigenvalue weighted by molar-refractivity contribution is 0.00578. The largest absolute Gasteiger partial charge is 0.498 e. The first-order valence-corrected chi connectivity index (χ1v) is 10.5. The molecule has 2 aromatic rings. The maximum Gasteiger partial charge on any atom is 0.498 e. The minimum Gasteiger partial charge on any atom is -0.399 e. The Kier molecular flexibility index (Phi) is 6.01. The Bertz CT molecular complexity index is 817. The first-order chi connectivity index (χ1) is 13.8. The van der Waals surface area contributed by atoms with Gasteiger partial charge in [0.2, 0.25) is 0 Å². The average Bonchev–Trinajstić information content (AvgIpc) is 3.37. The van der Waals surface area contributed by atoms with Gasteiger partial charge in [0.25, 0.3) is 0 Å². The second kappa shape index (κ2) is 7.82. The lowest BCUT2D eigenvalue weighted by atomic mass is 9.82. The highest BCUT2D eigenvalue weighted by Crippen LogP contribution is 2.37. The molecular formula is C20H34B2N4O4. The molecule has 164 valence electrons. The molecule has 10 heteroatoms. The van der Waals surface area contributed by atoms with Gasteiger partial charge in [-0.05, 0) is 62.3 Å². The van der Waals surface area contributed by atoms with Crippen molar-refractivity contribution in [1.29, 1.82) is 0 Å². The van der Waals surface area contributed by atoms with Crippen LogP contribution in [0.5, 0.6) is 0 Å². The van der Waals surface area contributed by atoms with Crippen molar-refractivity contribution in [3.05, 3.63) is 24.8 Å². The molecule has 8 nitrogen and oxygen atoms in total. The Labute approximate surface area is 180 Å². The fourth-order valence-corrected chi connectivity index (χ4v) is 3.02. The van der Waals surface area contributed by atoms with Crippen molar-refractivity contribution >= 4 is 25.2 Å². The van der Waals surface area contributed by atoms with Crippen molar-refractivity contribution in [1.82, 2.24) is 20.0 Å². The van der Waals surface area contributed by atoms with Crippen LogP contribution in [0.4, 0.5) is 0 Å². The van der Waals surface area contributed by atoms with E-state index in [2.05, 4.69) is 49.9 Å². The number of hydrogen-bond donors (Lipinski definition) is 1. The Balaban J connectivity index is 0.000000172. The van der Waals surface area contributed by atoms with Crippen molar-refractivity contribution in [3.8, 4) is 0 Å².